The second kappa shape index (κ2) is 30.5. The molecular formula is C111H67N9O2S. The van der Waals surface area contributed by atoms with Crippen LogP contribution in [-0.2, 0) is 0 Å². The molecule has 0 bridgehead atoms. The SMILES string of the molecule is c1ccc(-c2nc3ccc4ccc5ccc(-c6ccc7nc(-c8ccccc8)c(-c8ccccc8)nc7c6)cc5c4c3o2)cc1.c1ccc(-c2nc3ccc4ccc5ccc(-c6nc(-c7ccccc7)c7ccccc7n6)cc5c4c3o2)cc1.c1ccc(-c2nc3ccc4ccc5ccc(-c6nc(-c7ccccc7)c7ccccc7n6)cc5c4c3s2)cc1. The van der Waals surface area contributed by atoms with Crippen molar-refractivity contribution in [3.05, 3.63) is 406 Å². The molecule has 6 heterocycles. The highest BCUT2D eigenvalue weighted by Crippen LogP contribution is 2.44. The Bertz CT molecular complexity index is 8110. The molecule has 0 aliphatic heterocycles. The molecule has 0 spiro atoms. The summed E-state index contributed by atoms with van der Waals surface area (Å²) in [5.41, 5.74) is 23.0. The smallest absolute Gasteiger partial charge is 0.227 e. The van der Waals surface area contributed by atoms with E-state index < -0.39 is 0 Å². The van der Waals surface area contributed by atoms with E-state index in [0.717, 1.165) is 198 Å². The van der Waals surface area contributed by atoms with Crippen LogP contribution in [0, 0.1) is 0 Å². The van der Waals surface area contributed by atoms with Crippen LogP contribution in [0.3, 0.4) is 0 Å². The fraction of sp³-hybridized carbons (Fsp3) is 0. The number of nitrogens with zero attached hydrogens (tertiary/aromatic N) is 9. The largest absolute Gasteiger partial charge is 0.435 e. The molecule has 12 heteroatoms. The summed E-state index contributed by atoms with van der Waals surface area (Å²) in [6.45, 7) is 0. The van der Waals surface area contributed by atoms with Gasteiger partial charge in [0.1, 0.15) is 16.0 Å². The summed E-state index contributed by atoms with van der Waals surface area (Å²) in [6.07, 6.45) is 0. The molecule has 11 nitrogen and oxygen atoms in total. The van der Waals surface area contributed by atoms with Gasteiger partial charge in [-0.2, -0.15) is 0 Å². The molecule has 0 aliphatic carbocycles. The van der Waals surface area contributed by atoms with Gasteiger partial charge >= 0.3 is 0 Å². The van der Waals surface area contributed by atoms with Crippen molar-refractivity contribution in [3.8, 4) is 112 Å². The minimum absolute atomic E-state index is 0.622. The Morgan fingerprint density at radius 3 is 0.967 bits per heavy atom. The van der Waals surface area contributed by atoms with E-state index in [0.29, 0.717) is 17.6 Å². The van der Waals surface area contributed by atoms with E-state index >= 15 is 0 Å². The van der Waals surface area contributed by atoms with Crippen LogP contribution in [0.5, 0.6) is 0 Å². The molecule has 0 unspecified atom stereocenters. The summed E-state index contributed by atoms with van der Waals surface area (Å²) in [6, 6.07) is 140. The van der Waals surface area contributed by atoms with E-state index in [1.54, 1.807) is 11.3 Å². The molecule has 123 heavy (non-hydrogen) atoms. The molecule has 0 saturated carbocycles. The van der Waals surface area contributed by atoms with Crippen LogP contribution in [0.25, 0.3) is 242 Å². The number of fused-ring (bicyclic) bond motifs is 18. The molecule has 6 aromatic heterocycles. The van der Waals surface area contributed by atoms with Gasteiger partial charge in [0, 0.05) is 77.0 Å². The third kappa shape index (κ3) is 13.3. The maximum atomic E-state index is 6.45. The quantitative estimate of drug-likeness (QED) is 0.121. The topological polar surface area (TPSA) is 142 Å². The van der Waals surface area contributed by atoms with E-state index in [9.17, 15) is 0 Å². The average molecular weight is 1590 g/mol. The van der Waals surface area contributed by atoms with Crippen LogP contribution in [0.1, 0.15) is 0 Å². The van der Waals surface area contributed by atoms with Crippen molar-refractivity contribution in [2.45, 2.75) is 0 Å². The summed E-state index contributed by atoms with van der Waals surface area (Å²) in [4.78, 5) is 45.2. The predicted molar refractivity (Wildman–Crippen MR) is 506 cm³/mol. The van der Waals surface area contributed by atoms with Gasteiger partial charge in [-0.05, 0) is 145 Å². The lowest BCUT2D eigenvalue weighted by Gasteiger charge is -2.12. The van der Waals surface area contributed by atoms with Gasteiger partial charge in [0.15, 0.2) is 22.8 Å². The standard InChI is InChI=1S/C41H25N3O.C35H21N3O.C35H21N3S/c1-4-10-28(11-5-1)38-39(29-12-6-2-7-13-29)43-36-25-32(21-22-34(36)42-38)31-19-17-26-16-18-27-20-23-35-40(37(27)33(26)24-31)45-41(44-35)30-14-8-3-9-15-30;2*1-3-9-24(10-4-1)32-27-13-7-8-14-29(27)36-34(38-32)26-18-16-22-15-17-23-19-20-30-33(31(23)28(22)21-26)39-35(37-30)25-11-5-2-6-12-25/h1-25H;2*1-21H. The van der Waals surface area contributed by atoms with E-state index in [1.807, 2.05) is 170 Å². The molecule has 0 aliphatic rings. The zero-order chi connectivity index (χ0) is 81.3. The van der Waals surface area contributed by atoms with E-state index in [2.05, 4.69) is 237 Å². The van der Waals surface area contributed by atoms with Crippen molar-refractivity contribution in [1.82, 2.24) is 44.9 Å². The third-order valence-corrected chi connectivity index (χ3v) is 24.2. The molecular weight excluding hydrogens is 1520 g/mol. The average Bonchev–Trinajstić information content (AvgIpc) is 1.69. The van der Waals surface area contributed by atoms with Crippen LogP contribution in [0.15, 0.2) is 415 Å². The first kappa shape index (κ1) is 71.9. The molecule has 0 radical (unpaired) electrons. The fourth-order valence-corrected chi connectivity index (χ4v) is 18.1. The van der Waals surface area contributed by atoms with Crippen molar-refractivity contribution >= 4 is 141 Å². The van der Waals surface area contributed by atoms with E-state index in [4.69, 9.17) is 53.7 Å². The van der Waals surface area contributed by atoms with Crippen molar-refractivity contribution in [3.63, 3.8) is 0 Å². The second-order valence-corrected chi connectivity index (χ2v) is 31.6. The van der Waals surface area contributed by atoms with E-state index in [1.165, 1.54) is 26.2 Å². The highest BCUT2D eigenvalue weighted by Gasteiger charge is 2.22. The first-order valence-corrected chi connectivity index (χ1v) is 41.8. The number of aromatic nitrogens is 9. The Labute approximate surface area is 709 Å². The number of para-hydroxylation sites is 2. The Balaban J connectivity index is 0.000000107. The molecule has 0 N–H and O–H groups in total. The van der Waals surface area contributed by atoms with Crippen LogP contribution in [0.4, 0.5) is 0 Å². The van der Waals surface area contributed by atoms with Crippen molar-refractivity contribution < 1.29 is 8.83 Å². The van der Waals surface area contributed by atoms with Crippen molar-refractivity contribution in [2.75, 3.05) is 0 Å². The number of oxazole rings is 2. The number of rotatable bonds is 10. The molecule has 0 fully saturated rings. The minimum Gasteiger partial charge on any atom is -0.435 e. The lowest BCUT2D eigenvalue weighted by atomic mass is 9.96. The zero-order valence-electron chi connectivity index (χ0n) is 65.9. The van der Waals surface area contributed by atoms with Gasteiger partial charge in [-0.1, -0.05) is 322 Å². The lowest BCUT2D eigenvalue weighted by Crippen LogP contribution is -1.95. The molecule has 0 amide bonds. The Kier molecular flexibility index (Phi) is 17.8. The Morgan fingerprint density at radius 2 is 0.504 bits per heavy atom. The fourth-order valence-electron chi connectivity index (χ4n) is 17.0. The van der Waals surface area contributed by atoms with Gasteiger partial charge in [-0.3, -0.25) is 0 Å². The molecule has 25 rings (SSSR count). The first-order chi connectivity index (χ1) is 60.9. The second-order valence-electron chi connectivity index (χ2n) is 30.6. The summed E-state index contributed by atoms with van der Waals surface area (Å²) in [5, 5.41) is 16.8. The van der Waals surface area contributed by atoms with Crippen LogP contribution in [-0.4, -0.2) is 44.9 Å². The van der Waals surface area contributed by atoms with Crippen molar-refractivity contribution in [2.24, 2.45) is 0 Å². The summed E-state index contributed by atoms with van der Waals surface area (Å²) in [7, 11) is 0. The van der Waals surface area contributed by atoms with Crippen molar-refractivity contribution in [1.29, 1.82) is 0 Å². The highest BCUT2D eigenvalue weighted by molar-refractivity contribution is 7.22. The van der Waals surface area contributed by atoms with Crippen LogP contribution in [0.2, 0.25) is 0 Å². The maximum Gasteiger partial charge on any atom is 0.227 e. The minimum atomic E-state index is 0.622. The summed E-state index contributed by atoms with van der Waals surface area (Å²) < 4.78 is 14.1. The Hall–Kier alpha value is -16.4. The normalized spacial score (nSPS) is 11.6. The van der Waals surface area contributed by atoms with Gasteiger partial charge in [0.2, 0.25) is 11.8 Å². The Morgan fingerprint density at radius 1 is 0.179 bits per heavy atom. The van der Waals surface area contributed by atoms with E-state index in [-0.39, 0.29) is 0 Å². The number of thiazole rings is 1. The molecule has 0 saturated heterocycles. The van der Waals surface area contributed by atoms with Gasteiger partial charge < -0.3 is 8.83 Å². The lowest BCUT2D eigenvalue weighted by molar-refractivity contribution is 0.623. The molecule has 574 valence electrons. The highest BCUT2D eigenvalue weighted by atomic mass is 32.1. The first-order valence-electron chi connectivity index (χ1n) is 40.9. The van der Waals surface area contributed by atoms with Gasteiger partial charge in [0.25, 0.3) is 0 Å². The monoisotopic (exact) mass is 1590 g/mol. The van der Waals surface area contributed by atoms with Crippen LogP contribution >= 0.6 is 11.3 Å². The number of hydrogen-bond acceptors (Lipinski definition) is 12. The molecule has 19 aromatic carbocycles. The van der Waals surface area contributed by atoms with Gasteiger partial charge in [-0.15, -0.1) is 11.3 Å². The van der Waals surface area contributed by atoms with Gasteiger partial charge in [0.05, 0.1) is 55.1 Å². The van der Waals surface area contributed by atoms with Crippen LogP contribution < -0.4 is 0 Å². The number of benzene rings is 19. The molecule has 0 atom stereocenters. The maximum absolute atomic E-state index is 6.45. The summed E-state index contributed by atoms with van der Waals surface area (Å²) >= 11 is 1.76. The predicted octanol–water partition coefficient (Wildman–Crippen LogP) is 29.4. The zero-order valence-corrected chi connectivity index (χ0v) is 66.7. The third-order valence-electron chi connectivity index (χ3n) is 23.0. The van der Waals surface area contributed by atoms with Gasteiger partial charge in [-0.25, -0.2) is 44.9 Å². The molecule has 25 aromatic rings. The number of hydrogen-bond donors (Lipinski definition) is 0. The summed E-state index contributed by atoms with van der Waals surface area (Å²) in [5.74, 6) is 2.68.